The molecular weight excluding hydrogens is 260 g/mol. The van der Waals surface area contributed by atoms with Gasteiger partial charge < -0.3 is 5.73 Å². The molecule has 4 nitrogen and oxygen atoms in total. The Hall–Kier alpha value is -0.780. The molecule has 1 rings (SSSR count). The third-order valence-electron chi connectivity index (χ3n) is 2.59. The van der Waals surface area contributed by atoms with Crippen molar-refractivity contribution < 1.29 is 8.42 Å². The average molecular weight is 277 g/mol. The minimum Gasteiger partial charge on any atom is -0.398 e. The molecule has 0 atom stereocenters. The molecule has 0 saturated heterocycles. The van der Waals surface area contributed by atoms with Gasteiger partial charge in [-0.05, 0) is 31.0 Å². The van der Waals surface area contributed by atoms with Crippen molar-refractivity contribution in [1.29, 1.82) is 0 Å². The zero-order valence-electron chi connectivity index (χ0n) is 10.2. The van der Waals surface area contributed by atoms with Crippen molar-refractivity contribution in [2.45, 2.75) is 25.2 Å². The van der Waals surface area contributed by atoms with Gasteiger partial charge in [0, 0.05) is 24.3 Å². The Labute approximate surface area is 107 Å². The zero-order valence-corrected chi connectivity index (χ0v) is 11.8. The number of benzene rings is 1. The van der Waals surface area contributed by atoms with Gasteiger partial charge in [0.1, 0.15) is 0 Å². The van der Waals surface area contributed by atoms with Crippen molar-refractivity contribution in [1.82, 2.24) is 4.31 Å². The number of halogens is 1. The van der Waals surface area contributed by atoms with E-state index in [0.29, 0.717) is 22.8 Å². The van der Waals surface area contributed by atoms with E-state index in [1.54, 1.807) is 20.0 Å². The molecule has 0 saturated carbocycles. The summed E-state index contributed by atoms with van der Waals surface area (Å²) in [4.78, 5) is 0.179. The summed E-state index contributed by atoms with van der Waals surface area (Å²) in [6.45, 7) is 4.07. The molecule has 0 radical (unpaired) electrons. The lowest BCUT2D eigenvalue weighted by Gasteiger charge is -2.18. The van der Waals surface area contributed by atoms with Gasteiger partial charge in [0.25, 0.3) is 0 Å². The monoisotopic (exact) mass is 276 g/mol. The van der Waals surface area contributed by atoms with Crippen LogP contribution in [0.1, 0.15) is 18.9 Å². The van der Waals surface area contributed by atoms with E-state index in [4.69, 9.17) is 17.3 Å². The number of nitrogens with zero attached hydrogens (tertiary/aromatic N) is 1. The smallest absolute Gasteiger partial charge is 0.243 e. The topological polar surface area (TPSA) is 63.4 Å². The highest BCUT2D eigenvalue weighted by molar-refractivity contribution is 7.89. The van der Waals surface area contributed by atoms with Gasteiger partial charge in [-0.1, -0.05) is 18.5 Å². The van der Waals surface area contributed by atoms with Gasteiger partial charge in [-0.3, -0.25) is 0 Å². The molecule has 0 amide bonds. The van der Waals surface area contributed by atoms with Crippen LogP contribution in [0.2, 0.25) is 5.02 Å². The molecule has 0 aliphatic rings. The Bertz CT molecular complexity index is 514. The fourth-order valence-electron chi connectivity index (χ4n) is 1.55. The molecule has 0 bridgehead atoms. The highest BCUT2D eigenvalue weighted by Gasteiger charge is 2.23. The molecule has 2 N–H and O–H groups in total. The van der Waals surface area contributed by atoms with Crippen molar-refractivity contribution >= 4 is 27.3 Å². The molecule has 6 heteroatoms. The maximum Gasteiger partial charge on any atom is 0.243 e. The molecule has 17 heavy (non-hydrogen) atoms. The Balaban J connectivity index is 3.33. The normalized spacial score (nSPS) is 12.1. The lowest BCUT2D eigenvalue weighted by Crippen LogP contribution is -2.28. The Morgan fingerprint density at radius 1 is 1.41 bits per heavy atom. The van der Waals surface area contributed by atoms with E-state index in [0.717, 1.165) is 6.42 Å². The second-order valence-electron chi connectivity index (χ2n) is 3.94. The summed E-state index contributed by atoms with van der Waals surface area (Å²) >= 11 is 5.85. The van der Waals surface area contributed by atoms with Crippen LogP contribution in [0.4, 0.5) is 5.69 Å². The summed E-state index contributed by atoms with van der Waals surface area (Å²) < 4.78 is 25.8. The van der Waals surface area contributed by atoms with Crippen molar-refractivity contribution in [2.24, 2.45) is 0 Å². The maximum absolute atomic E-state index is 12.3. The van der Waals surface area contributed by atoms with Crippen molar-refractivity contribution in [3.05, 3.63) is 22.7 Å². The average Bonchev–Trinajstić information content (AvgIpc) is 2.23. The minimum absolute atomic E-state index is 0.179. The van der Waals surface area contributed by atoms with E-state index in [1.807, 2.05) is 6.92 Å². The molecular formula is C11H17ClN2O2S. The van der Waals surface area contributed by atoms with Crippen LogP contribution in [0, 0.1) is 6.92 Å². The molecule has 1 aromatic rings. The standard InChI is InChI=1S/C11H17ClN2O2S/c1-4-5-14(3)17(15,16)11-7-9(12)6-10(13)8(11)2/h6-7H,4-5,13H2,1-3H3. The molecule has 0 spiro atoms. The Morgan fingerprint density at radius 3 is 2.53 bits per heavy atom. The minimum atomic E-state index is -3.51. The SMILES string of the molecule is CCCN(C)S(=O)(=O)c1cc(Cl)cc(N)c1C. The van der Waals surface area contributed by atoms with Crippen LogP contribution >= 0.6 is 11.6 Å². The van der Waals surface area contributed by atoms with Gasteiger partial charge in [-0.15, -0.1) is 0 Å². The highest BCUT2D eigenvalue weighted by atomic mass is 35.5. The predicted octanol–water partition coefficient (Wildman–Crippen LogP) is 2.26. The van der Waals surface area contributed by atoms with Crippen LogP contribution in [-0.4, -0.2) is 26.3 Å². The molecule has 0 unspecified atom stereocenters. The molecule has 0 aliphatic heterocycles. The summed E-state index contributed by atoms with van der Waals surface area (Å²) in [6.07, 6.45) is 0.755. The van der Waals surface area contributed by atoms with Crippen LogP contribution in [-0.2, 0) is 10.0 Å². The van der Waals surface area contributed by atoms with Gasteiger partial charge in [-0.2, -0.15) is 0 Å². The second kappa shape index (κ2) is 5.25. The quantitative estimate of drug-likeness (QED) is 0.858. The number of sulfonamides is 1. The van der Waals surface area contributed by atoms with Gasteiger partial charge in [0.05, 0.1) is 4.90 Å². The predicted molar refractivity (Wildman–Crippen MR) is 70.7 cm³/mol. The third kappa shape index (κ3) is 2.91. The number of hydrogen-bond acceptors (Lipinski definition) is 3. The van der Waals surface area contributed by atoms with Crippen molar-refractivity contribution in [3.63, 3.8) is 0 Å². The van der Waals surface area contributed by atoms with E-state index in [-0.39, 0.29) is 4.90 Å². The number of anilines is 1. The number of nitrogens with two attached hydrogens (primary N) is 1. The van der Waals surface area contributed by atoms with Crippen LogP contribution < -0.4 is 5.73 Å². The van der Waals surface area contributed by atoms with Gasteiger partial charge in [-0.25, -0.2) is 12.7 Å². The van der Waals surface area contributed by atoms with Crippen LogP contribution in [0.5, 0.6) is 0 Å². The second-order valence-corrected chi connectivity index (χ2v) is 6.39. The molecule has 0 fully saturated rings. The summed E-state index contributed by atoms with van der Waals surface area (Å²) in [5, 5.41) is 0.330. The summed E-state index contributed by atoms with van der Waals surface area (Å²) in [7, 11) is -1.96. The van der Waals surface area contributed by atoms with E-state index in [9.17, 15) is 8.42 Å². The van der Waals surface area contributed by atoms with Gasteiger partial charge >= 0.3 is 0 Å². The largest absolute Gasteiger partial charge is 0.398 e. The first-order valence-corrected chi connectivity index (χ1v) is 7.14. The lowest BCUT2D eigenvalue weighted by molar-refractivity contribution is 0.468. The van der Waals surface area contributed by atoms with E-state index in [1.165, 1.54) is 10.4 Å². The first kappa shape index (κ1) is 14.3. The van der Waals surface area contributed by atoms with Crippen LogP contribution in [0.25, 0.3) is 0 Å². The molecule has 0 aromatic heterocycles. The Morgan fingerprint density at radius 2 is 2.00 bits per heavy atom. The number of nitrogen functional groups attached to an aromatic ring is 1. The highest BCUT2D eigenvalue weighted by Crippen LogP contribution is 2.27. The fraction of sp³-hybridized carbons (Fsp3) is 0.455. The first-order valence-electron chi connectivity index (χ1n) is 5.32. The summed E-state index contributed by atoms with van der Waals surface area (Å²) in [5.41, 5.74) is 6.65. The van der Waals surface area contributed by atoms with Gasteiger partial charge in [0.2, 0.25) is 10.0 Å². The summed E-state index contributed by atoms with van der Waals surface area (Å²) in [5.74, 6) is 0. The number of rotatable bonds is 4. The third-order valence-corrected chi connectivity index (χ3v) is 4.79. The van der Waals surface area contributed by atoms with Crippen molar-refractivity contribution in [2.75, 3.05) is 19.3 Å². The maximum atomic E-state index is 12.3. The zero-order chi connectivity index (χ0) is 13.2. The molecule has 0 aliphatic carbocycles. The lowest BCUT2D eigenvalue weighted by atomic mass is 10.2. The van der Waals surface area contributed by atoms with E-state index < -0.39 is 10.0 Å². The van der Waals surface area contributed by atoms with Gasteiger partial charge in [0.15, 0.2) is 0 Å². The Kier molecular flexibility index (Phi) is 4.41. The molecule has 96 valence electrons. The number of hydrogen-bond donors (Lipinski definition) is 1. The summed E-state index contributed by atoms with van der Waals surface area (Å²) in [6, 6.07) is 2.99. The van der Waals surface area contributed by atoms with E-state index >= 15 is 0 Å². The fourth-order valence-corrected chi connectivity index (χ4v) is 3.38. The molecule has 1 aromatic carbocycles. The van der Waals surface area contributed by atoms with Crippen molar-refractivity contribution in [3.8, 4) is 0 Å². The first-order chi connectivity index (χ1) is 7.80. The van der Waals surface area contributed by atoms with E-state index in [2.05, 4.69) is 0 Å². The van der Waals surface area contributed by atoms with Crippen LogP contribution in [0.15, 0.2) is 17.0 Å². The van der Waals surface area contributed by atoms with Crippen LogP contribution in [0.3, 0.4) is 0 Å². The molecule has 0 heterocycles.